The highest BCUT2D eigenvalue weighted by atomic mass is 19.1. The van der Waals surface area contributed by atoms with E-state index in [1.807, 2.05) is 23.8 Å². The van der Waals surface area contributed by atoms with Gasteiger partial charge in [-0.15, -0.1) is 0 Å². The van der Waals surface area contributed by atoms with Gasteiger partial charge in [-0.1, -0.05) is 6.92 Å². The van der Waals surface area contributed by atoms with E-state index in [0.717, 1.165) is 25.7 Å². The van der Waals surface area contributed by atoms with E-state index < -0.39 is 5.82 Å². The number of amides is 1. The molecule has 7 nitrogen and oxygen atoms in total. The third kappa shape index (κ3) is 3.06. The van der Waals surface area contributed by atoms with Crippen LogP contribution in [-0.2, 0) is 11.8 Å². The average Bonchev–Trinajstić information content (AvgIpc) is 3.17. The molecule has 8 heteroatoms. The van der Waals surface area contributed by atoms with Crippen LogP contribution in [0, 0.1) is 17.7 Å². The van der Waals surface area contributed by atoms with Crippen molar-refractivity contribution < 1.29 is 9.18 Å². The number of hydrogen-bond acceptors (Lipinski definition) is 5. The third-order valence-electron chi connectivity index (χ3n) is 5.89. The molecule has 2 fully saturated rings. The molecule has 1 saturated carbocycles. The highest BCUT2D eigenvalue weighted by molar-refractivity contribution is 5.77. The minimum atomic E-state index is -0.509. The van der Waals surface area contributed by atoms with E-state index >= 15 is 0 Å². The summed E-state index contributed by atoms with van der Waals surface area (Å²) in [5, 5.41) is 0. The topological polar surface area (TPSA) is 71.3 Å². The molecule has 0 bridgehead atoms. The molecule has 1 aliphatic carbocycles. The van der Waals surface area contributed by atoms with E-state index in [2.05, 4.69) is 9.97 Å². The molecule has 2 aromatic rings. The number of rotatable bonds is 5. The van der Waals surface area contributed by atoms with E-state index in [1.54, 1.807) is 7.05 Å². The molecule has 0 N–H and O–H groups in total. The molecule has 1 saturated heterocycles. The van der Waals surface area contributed by atoms with Crippen LogP contribution >= 0.6 is 0 Å². The van der Waals surface area contributed by atoms with Gasteiger partial charge >= 0.3 is 0 Å². The number of carbonyl (C=O) groups is 1. The van der Waals surface area contributed by atoms with Crippen molar-refractivity contribution in [3.05, 3.63) is 40.7 Å². The van der Waals surface area contributed by atoms with Gasteiger partial charge in [-0.25, -0.2) is 9.37 Å². The van der Waals surface area contributed by atoms with Crippen molar-refractivity contribution in [2.45, 2.75) is 25.8 Å². The number of nitrogens with zero attached hydrogens (tertiary/aromatic N) is 5. The van der Waals surface area contributed by atoms with Gasteiger partial charge in [0, 0.05) is 69.3 Å². The standard InChI is InChI=1S/C20H24FN5O2/c1-4-5-17(27)26-10-13-14(11-26)19(13)25(3)20-23-16(8-18(28)24(20)2)12-6-7-22-9-15(12)21/h6-9,13-14,19H,4-5,10-11H2,1-3H3/t13-,14+,19-. The molecule has 0 aromatic carbocycles. The van der Waals surface area contributed by atoms with Gasteiger partial charge in [0.1, 0.15) is 0 Å². The van der Waals surface area contributed by atoms with Crippen LogP contribution < -0.4 is 10.5 Å². The Morgan fingerprint density at radius 1 is 1.36 bits per heavy atom. The van der Waals surface area contributed by atoms with Gasteiger partial charge in [-0.05, 0) is 12.5 Å². The number of fused-ring (bicyclic) bond motifs is 1. The molecule has 3 heterocycles. The summed E-state index contributed by atoms with van der Waals surface area (Å²) < 4.78 is 15.6. The first-order chi connectivity index (χ1) is 13.4. The summed E-state index contributed by atoms with van der Waals surface area (Å²) in [5.74, 6) is 1.000. The highest BCUT2D eigenvalue weighted by Gasteiger charge is 2.59. The number of carbonyl (C=O) groups excluding carboxylic acids is 1. The zero-order chi connectivity index (χ0) is 20.0. The largest absolute Gasteiger partial charge is 0.342 e. The Kier molecular flexibility index (Phi) is 4.64. The summed E-state index contributed by atoms with van der Waals surface area (Å²) in [6, 6.07) is 3.10. The fraction of sp³-hybridized carbons (Fsp3) is 0.500. The Hall–Kier alpha value is -2.77. The van der Waals surface area contributed by atoms with E-state index in [1.165, 1.54) is 22.9 Å². The van der Waals surface area contributed by atoms with Gasteiger partial charge in [0.25, 0.3) is 5.56 Å². The van der Waals surface area contributed by atoms with Crippen LogP contribution in [0.5, 0.6) is 0 Å². The first-order valence-corrected chi connectivity index (χ1v) is 9.61. The van der Waals surface area contributed by atoms with Crippen LogP contribution in [0.25, 0.3) is 11.3 Å². The summed E-state index contributed by atoms with van der Waals surface area (Å²) in [4.78, 5) is 36.8. The maximum absolute atomic E-state index is 14.1. The zero-order valence-electron chi connectivity index (χ0n) is 16.3. The molecular weight excluding hydrogens is 361 g/mol. The molecule has 1 aliphatic heterocycles. The van der Waals surface area contributed by atoms with E-state index in [9.17, 15) is 14.0 Å². The second-order valence-electron chi connectivity index (χ2n) is 7.67. The number of anilines is 1. The summed E-state index contributed by atoms with van der Waals surface area (Å²) in [6.45, 7) is 3.52. The molecule has 2 aliphatic rings. The molecule has 0 radical (unpaired) electrons. The number of likely N-dealkylation sites (tertiary alicyclic amines) is 1. The molecule has 0 spiro atoms. The number of pyridine rings is 1. The van der Waals surface area contributed by atoms with Crippen molar-refractivity contribution in [3.63, 3.8) is 0 Å². The maximum atomic E-state index is 14.1. The van der Waals surface area contributed by atoms with Gasteiger partial charge in [0.2, 0.25) is 11.9 Å². The molecule has 28 heavy (non-hydrogen) atoms. The average molecular weight is 385 g/mol. The van der Waals surface area contributed by atoms with E-state index in [0.29, 0.717) is 29.9 Å². The monoisotopic (exact) mass is 385 g/mol. The van der Waals surface area contributed by atoms with E-state index in [-0.39, 0.29) is 23.1 Å². The lowest BCUT2D eigenvalue weighted by molar-refractivity contribution is -0.130. The van der Waals surface area contributed by atoms with Crippen LogP contribution in [0.15, 0.2) is 29.3 Å². The summed E-state index contributed by atoms with van der Waals surface area (Å²) in [7, 11) is 3.58. The SMILES string of the molecule is CCCC(=O)N1C[C@@H]2[C@H](C1)[C@@H]2N(C)c1nc(-c2ccncc2F)cc(=O)n1C. The van der Waals surface area contributed by atoms with Crippen molar-refractivity contribution in [1.82, 2.24) is 19.4 Å². The summed E-state index contributed by atoms with van der Waals surface area (Å²) in [5.41, 5.74) is 0.318. The third-order valence-corrected chi connectivity index (χ3v) is 5.89. The van der Waals surface area contributed by atoms with Gasteiger partial charge < -0.3 is 9.80 Å². The Balaban J connectivity index is 1.57. The molecular formula is C20H24FN5O2. The van der Waals surface area contributed by atoms with E-state index in [4.69, 9.17) is 0 Å². The van der Waals surface area contributed by atoms with Crippen molar-refractivity contribution in [2.24, 2.45) is 18.9 Å². The molecule has 4 rings (SSSR count). The van der Waals surface area contributed by atoms with Gasteiger partial charge in [0.15, 0.2) is 5.82 Å². The Labute approximate surface area is 162 Å². The Bertz CT molecular complexity index is 963. The van der Waals surface area contributed by atoms with Crippen molar-refractivity contribution in [1.29, 1.82) is 0 Å². The minimum Gasteiger partial charge on any atom is -0.342 e. The van der Waals surface area contributed by atoms with Crippen molar-refractivity contribution >= 4 is 11.9 Å². The maximum Gasteiger partial charge on any atom is 0.255 e. The molecule has 2 aromatic heterocycles. The molecule has 1 amide bonds. The minimum absolute atomic E-state index is 0.219. The zero-order valence-corrected chi connectivity index (χ0v) is 16.3. The smallest absolute Gasteiger partial charge is 0.255 e. The first-order valence-electron chi connectivity index (χ1n) is 9.61. The summed E-state index contributed by atoms with van der Waals surface area (Å²) >= 11 is 0. The second-order valence-corrected chi connectivity index (χ2v) is 7.67. The van der Waals surface area contributed by atoms with Crippen LogP contribution in [0.4, 0.5) is 10.3 Å². The van der Waals surface area contributed by atoms with Crippen molar-refractivity contribution in [3.8, 4) is 11.3 Å². The lowest BCUT2D eigenvalue weighted by Crippen LogP contribution is -2.38. The fourth-order valence-electron chi connectivity index (χ4n) is 4.34. The predicted molar refractivity (Wildman–Crippen MR) is 103 cm³/mol. The van der Waals surface area contributed by atoms with Crippen molar-refractivity contribution in [2.75, 3.05) is 25.0 Å². The number of aromatic nitrogens is 3. The van der Waals surface area contributed by atoms with Crippen LogP contribution in [-0.4, -0.2) is 51.5 Å². The highest BCUT2D eigenvalue weighted by Crippen LogP contribution is 2.49. The van der Waals surface area contributed by atoms with Gasteiger partial charge in [0.05, 0.1) is 11.9 Å². The van der Waals surface area contributed by atoms with Gasteiger partial charge in [-0.3, -0.25) is 19.1 Å². The quantitative estimate of drug-likeness (QED) is 0.783. The van der Waals surface area contributed by atoms with Crippen LogP contribution in [0.1, 0.15) is 19.8 Å². The lowest BCUT2D eigenvalue weighted by Gasteiger charge is -2.26. The predicted octanol–water partition coefficient (Wildman–Crippen LogP) is 1.67. The number of piperidine rings is 1. The lowest BCUT2D eigenvalue weighted by atomic mass is 10.2. The normalized spacial score (nSPS) is 22.9. The Morgan fingerprint density at radius 3 is 2.71 bits per heavy atom. The second kappa shape index (κ2) is 7.00. The summed E-state index contributed by atoms with van der Waals surface area (Å²) in [6.07, 6.45) is 4.05. The molecule has 0 unspecified atom stereocenters. The van der Waals surface area contributed by atoms with Crippen LogP contribution in [0.3, 0.4) is 0 Å². The Morgan fingerprint density at radius 2 is 2.07 bits per heavy atom. The van der Waals surface area contributed by atoms with Gasteiger partial charge in [-0.2, -0.15) is 0 Å². The number of hydrogen-bond donors (Lipinski definition) is 0. The molecule has 3 atom stereocenters. The molecule has 148 valence electrons. The number of halogens is 1. The first kappa shape index (κ1) is 18.6. The fourth-order valence-corrected chi connectivity index (χ4v) is 4.34. The van der Waals surface area contributed by atoms with Crippen LogP contribution in [0.2, 0.25) is 0 Å².